The molecule has 1 aliphatic carbocycles. The minimum atomic E-state index is -0.605. The summed E-state index contributed by atoms with van der Waals surface area (Å²) in [6.45, 7) is 0. The molecule has 1 aromatic carbocycles. The number of nitrogens with two attached hydrogens (primary N) is 1. The number of nitrogens with zero attached hydrogens (tertiary/aromatic N) is 2. The van der Waals surface area contributed by atoms with E-state index in [0.717, 1.165) is 28.6 Å². The fourth-order valence-corrected chi connectivity index (χ4v) is 4.37. The molecule has 6 heteroatoms. The number of hydrogen-bond acceptors (Lipinski definition) is 5. The van der Waals surface area contributed by atoms with E-state index >= 15 is 0 Å². The number of thiophene rings is 1. The zero-order valence-corrected chi connectivity index (χ0v) is 13.3. The van der Waals surface area contributed by atoms with Crippen LogP contribution in [-0.2, 0) is 17.6 Å². The van der Waals surface area contributed by atoms with E-state index in [1.165, 1.54) is 16.9 Å². The van der Waals surface area contributed by atoms with E-state index in [9.17, 15) is 4.79 Å². The van der Waals surface area contributed by atoms with Crippen molar-refractivity contribution in [3.05, 3.63) is 52.7 Å². The van der Waals surface area contributed by atoms with Crippen LogP contribution in [-0.4, -0.2) is 15.9 Å². The highest BCUT2D eigenvalue weighted by Gasteiger charge is 2.24. The van der Waals surface area contributed by atoms with Crippen molar-refractivity contribution < 1.29 is 4.79 Å². The average molecular weight is 324 g/mol. The van der Waals surface area contributed by atoms with E-state index in [2.05, 4.69) is 15.3 Å². The number of aryl methyl sites for hydroxylation is 2. The lowest BCUT2D eigenvalue weighted by atomic mass is 10.1. The third kappa shape index (κ3) is 2.45. The van der Waals surface area contributed by atoms with Gasteiger partial charge in [-0.1, -0.05) is 30.3 Å². The molecule has 2 aromatic heterocycles. The maximum Gasteiger partial charge on any atom is 0.244 e. The first-order valence-corrected chi connectivity index (χ1v) is 8.41. The van der Waals surface area contributed by atoms with Gasteiger partial charge in [0.15, 0.2) is 0 Å². The third-order valence-electron chi connectivity index (χ3n) is 4.20. The molecule has 1 atom stereocenters. The fourth-order valence-electron chi connectivity index (χ4n) is 3.14. The zero-order valence-electron chi connectivity index (χ0n) is 12.5. The first-order chi connectivity index (χ1) is 11.2. The maximum absolute atomic E-state index is 11.9. The number of nitrogens with one attached hydrogen (secondary N) is 1. The zero-order chi connectivity index (χ0) is 15.8. The summed E-state index contributed by atoms with van der Waals surface area (Å²) in [5.74, 6) is 0.275. The van der Waals surface area contributed by atoms with Crippen LogP contribution in [0.1, 0.15) is 28.5 Å². The SMILES string of the molecule is NC(=O)C(Nc1ncnc2sc3c(c12)CCC3)c1ccccc1. The molecule has 116 valence electrons. The van der Waals surface area contributed by atoms with E-state index in [1.54, 1.807) is 17.7 Å². The molecule has 3 aromatic rings. The molecule has 2 heterocycles. The van der Waals surface area contributed by atoms with Gasteiger partial charge in [0.25, 0.3) is 0 Å². The van der Waals surface area contributed by atoms with Crippen LogP contribution in [0.5, 0.6) is 0 Å². The summed E-state index contributed by atoms with van der Waals surface area (Å²) in [7, 11) is 0. The molecular formula is C17H16N4OS. The molecule has 0 aliphatic heterocycles. The van der Waals surface area contributed by atoms with Crippen molar-refractivity contribution in [2.24, 2.45) is 5.73 Å². The highest BCUT2D eigenvalue weighted by molar-refractivity contribution is 7.19. The smallest absolute Gasteiger partial charge is 0.244 e. The molecule has 3 N–H and O–H groups in total. The summed E-state index contributed by atoms with van der Waals surface area (Å²) in [6, 6.07) is 8.87. The average Bonchev–Trinajstić information content (AvgIpc) is 3.14. The Balaban J connectivity index is 1.78. The second kappa shape index (κ2) is 5.62. The van der Waals surface area contributed by atoms with Crippen molar-refractivity contribution in [1.82, 2.24) is 9.97 Å². The Morgan fingerprint density at radius 1 is 1.22 bits per heavy atom. The minimum Gasteiger partial charge on any atom is -0.368 e. The van der Waals surface area contributed by atoms with Crippen molar-refractivity contribution in [2.45, 2.75) is 25.3 Å². The highest BCUT2D eigenvalue weighted by atomic mass is 32.1. The van der Waals surface area contributed by atoms with Gasteiger partial charge in [0.05, 0.1) is 5.39 Å². The largest absolute Gasteiger partial charge is 0.368 e. The Morgan fingerprint density at radius 2 is 2.04 bits per heavy atom. The summed E-state index contributed by atoms with van der Waals surface area (Å²) in [5.41, 5.74) is 7.76. The molecule has 1 amide bonds. The van der Waals surface area contributed by atoms with Gasteiger partial charge in [0, 0.05) is 4.88 Å². The summed E-state index contributed by atoms with van der Waals surface area (Å²) in [5, 5.41) is 4.28. The molecule has 23 heavy (non-hydrogen) atoms. The third-order valence-corrected chi connectivity index (χ3v) is 5.40. The van der Waals surface area contributed by atoms with Crippen LogP contribution in [0.4, 0.5) is 5.82 Å². The lowest BCUT2D eigenvalue weighted by Gasteiger charge is -2.17. The van der Waals surface area contributed by atoms with Crippen LogP contribution in [0.25, 0.3) is 10.2 Å². The van der Waals surface area contributed by atoms with Gasteiger partial charge in [-0.25, -0.2) is 9.97 Å². The lowest BCUT2D eigenvalue weighted by molar-refractivity contribution is -0.118. The molecule has 0 fully saturated rings. The number of amides is 1. The first kappa shape index (κ1) is 14.1. The number of aromatic nitrogens is 2. The fraction of sp³-hybridized carbons (Fsp3) is 0.235. The van der Waals surface area contributed by atoms with Crippen molar-refractivity contribution in [1.29, 1.82) is 0 Å². The van der Waals surface area contributed by atoms with Crippen LogP contribution in [0, 0.1) is 0 Å². The first-order valence-electron chi connectivity index (χ1n) is 7.60. The van der Waals surface area contributed by atoms with E-state index in [-0.39, 0.29) is 0 Å². The van der Waals surface area contributed by atoms with Crippen LogP contribution in [0.3, 0.4) is 0 Å². The van der Waals surface area contributed by atoms with Gasteiger partial charge in [0.1, 0.15) is 23.0 Å². The van der Waals surface area contributed by atoms with Gasteiger partial charge in [-0.05, 0) is 30.4 Å². The van der Waals surface area contributed by atoms with E-state index < -0.39 is 11.9 Å². The van der Waals surface area contributed by atoms with Crippen LogP contribution in [0.15, 0.2) is 36.7 Å². The molecule has 0 bridgehead atoms. The highest BCUT2D eigenvalue weighted by Crippen LogP contribution is 2.39. The number of hydrogen-bond donors (Lipinski definition) is 2. The molecule has 1 aliphatic rings. The minimum absolute atomic E-state index is 0.421. The number of carbonyl (C=O) groups is 1. The second-order valence-electron chi connectivity index (χ2n) is 5.65. The van der Waals surface area contributed by atoms with Crippen LogP contribution < -0.4 is 11.1 Å². The van der Waals surface area contributed by atoms with Crippen LogP contribution >= 0.6 is 11.3 Å². The van der Waals surface area contributed by atoms with Gasteiger partial charge >= 0.3 is 0 Å². The quantitative estimate of drug-likeness (QED) is 0.773. The maximum atomic E-state index is 11.9. The van der Waals surface area contributed by atoms with Crippen molar-refractivity contribution >= 4 is 33.3 Å². The van der Waals surface area contributed by atoms with Gasteiger partial charge in [-0.3, -0.25) is 4.79 Å². The van der Waals surface area contributed by atoms with Gasteiger partial charge < -0.3 is 11.1 Å². The summed E-state index contributed by atoms with van der Waals surface area (Å²) >= 11 is 1.72. The second-order valence-corrected chi connectivity index (χ2v) is 6.73. The standard InChI is InChI=1S/C17H16N4OS/c18-15(22)14(10-5-2-1-3-6-10)21-16-13-11-7-4-8-12(11)23-17(13)20-9-19-16/h1-3,5-6,9,14H,4,7-8H2,(H2,18,22)(H,19,20,21). The van der Waals surface area contributed by atoms with E-state index in [0.29, 0.717) is 5.82 Å². The van der Waals surface area contributed by atoms with E-state index in [1.807, 2.05) is 30.3 Å². The normalized spacial score (nSPS) is 14.6. The Bertz CT molecular complexity index is 875. The summed E-state index contributed by atoms with van der Waals surface area (Å²) in [4.78, 5) is 23.1. The molecule has 0 radical (unpaired) electrons. The summed E-state index contributed by atoms with van der Waals surface area (Å²) < 4.78 is 0. The van der Waals surface area contributed by atoms with Gasteiger partial charge in [-0.2, -0.15) is 0 Å². The topological polar surface area (TPSA) is 80.9 Å². The van der Waals surface area contributed by atoms with E-state index in [4.69, 9.17) is 5.73 Å². The van der Waals surface area contributed by atoms with Crippen molar-refractivity contribution in [3.63, 3.8) is 0 Å². The summed E-state index contributed by atoms with van der Waals surface area (Å²) in [6.07, 6.45) is 4.86. The molecule has 1 unspecified atom stereocenters. The monoisotopic (exact) mass is 324 g/mol. The van der Waals surface area contributed by atoms with Crippen molar-refractivity contribution in [2.75, 3.05) is 5.32 Å². The van der Waals surface area contributed by atoms with Gasteiger partial charge in [-0.15, -0.1) is 11.3 Å². The number of carbonyl (C=O) groups excluding carboxylic acids is 1. The Labute approximate surface area is 137 Å². The molecule has 0 saturated carbocycles. The number of rotatable bonds is 4. The predicted molar refractivity (Wildman–Crippen MR) is 91.4 cm³/mol. The number of benzene rings is 1. The molecular weight excluding hydrogens is 308 g/mol. The van der Waals surface area contributed by atoms with Gasteiger partial charge in [0.2, 0.25) is 5.91 Å². The Kier molecular flexibility index (Phi) is 3.46. The lowest BCUT2D eigenvalue weighted by Crippen LogP contribution is -2.28. The number of primary amides is 1. The molecule has 4 rings (SSSR count). The molecule has 5 nitrogen and oxygen atoms in total. The number of anilines is 1. The predicted octanol–water partition coefficient (Wildman–Crippen LogP) is 2.82. The van der Waals surface area contributed by atoms with Crippen LogP contribution in [0.2, 0.25) is 0 Å². The van der Waals surface area contributed by atoms with Crippen molar-refractivity contribution in [3.8, 4) is 0 Å². The Morgan fingerprint density at radius 3 is 2.83 bits per heavy atom. The molecule has 0 saturated heterocycles. The Hall–Kier alpha value is -2.47. The number of fused-ring (bicyclic) bond motifs is 3. The molecule has 0 spiro atoms.